The minimum atomic E-state index is -2.90. The molecule has 49 heavy (non-hydrogen) atoms. The summed E-state index contributed by atoms with van der Waals surface area (Å²) in [6.45, 7) is 6.52. The molecule has 1 N–H and O–H groups in total. The first kappa shape index (κ1) is 36.0. The predicted molar refractivity (Wildman–Crippen MR) is 184 cm³/mol. The fourth-order valence-electron chi connectivity index (χ4n) is 4.21. The number of hydrogen-bond acceptors (Lipinski definition) is 12. The second kappa shape index (κ2) is 17.3. The number of methoxy groups -OCH3 is 2. The molecule has 1 amide bonds. The predicted octanol–water partition coefficient (Wildman–Crippen LogP) is 6.83. The van der Waals surface area contributed by atoms with E-state index in [1.54, 1.807) is 54.6 Å². The topological polar surface area (TPSA) is 164 Å². The summed E-state index contributed by atoms with van der Waals surface area (Å²) in [5.74, 6) is -0.0314. The fraction of sp³-hybridized carbons (Fsp3) is 0.229. The first-order chi connectivity index (χ1) is 23.6. The Morgan fingerprint density at radius 1 is 0.776 bits per heavy atom. The average Bonchev–Trinajstić information content (AvgIpc) is 3.10. The van der Waals surface area contributed by atoms with Gasteiger partial charge in [0.05, 0.1) is 32.9 Å². The van der Waals surface area contributed by atoms with E-state index in [0.717, 1.165) is 0 Å². The first-order valence-corrected chi connectivity index (χ1v) is 16.0. The van der Waals surface area contributed by atoms with Crippen LogP contribution in [0.3, 0.4) is 0 Å². The zero-order chi connectivity index (χ0) is 35.2. The van der Waals surface area contributed by atoms with Gasteiger partial charge in [0.2, 0.25) is 23.3 Å². The minimum Gasteiger partial charge on any atom is -0.495 e. The minimum absolute atomic E-state index is 0.0688. The van der Waals surface area contributed by atoms with Crippen LogP contribution in [0.2, 0.25) is 0 Å². The molecule has 5 aromatic rings. The molecule has 5 rings (SSSR count). The van der Waals surface area contributed by atoms with Crippen molar-refractivity contribution in [3.8, 4) is 40.5 Å². The Labute approximate surface area is 286 Å². The fourth-order valence-corrected chi connectivity index (χ4v) is 4.47. The SMILES string of the molecule is CC(C)(C)c1ccccc1.COc1ccccc1NC(=O)CCOc1nc(-c2ncccn2)nc(N=S(=O)=O)c1Oc1ccccc1OC. The first-order valence-electron chi connectivity index (χ1n) is 15.0. The van der Waals surface area contributed by atoms with Crippen LogP contribution in [-0.4, -0.2) is 55.1 Å². The summed E-state index contributed by atoms with van der Waals surface area (Å²) >= 11 is 0. The molecule has 0 aliphatic heterocycles. The number of carbonyl (C=O) groups excluding carboxylic acids is 1. The van der Waals surface area contributed by atoms with E-state index in [4.69, 9.17) is 18.9 Å². The second-order valence-corrected chi connectivity index (χ2v) is 11.7. The molecule has 3 aromatic carbocycles. The molecule has 0 unspecified atom stereocenters. The molecular weight excluding hydrogens is 648 g/mol. The summed E-state index contributed by atoms with van der Waals surface area (Å²) < 4.78 is 48.9. The highest BCUT2D eigenvalue weighted by Gasteiger charge is 2.22. The van der Waals surface area contributed by atoms with Crippen LogP contribution in [0.5, 0.6) is 28.9 Å². The summed E-state index contributed by atoms with van der Waals surface area (Å²) in [7, 11) is 0.0440. The Bertz CT molecular complexity index is 1980. The van der Waals surface area contributed by atoms with Gasteiger partial charge in [-0.15, -0.1) is 4.36 Å². The highest BCUT2D eigenvalue weighted by atomic mass is 32.2. The van der Waals surface area contributed by atoms with Gasteiger partial charge < -0.3 is 24.3 Å². The molecule has 2 heterocycles. The zero-order valence-corrected chi connectivity index (χ0v) is 28.5. The number of nitrogens with zero attached hydrogens (tertiary/aromatic N) is 5. The Morgan fingerprint density at radius 2 is 1.39 bits per heavy atom. The van der Waals surface area contributed by atoms with Crippen LogP contribution in [0.25, 0.3) is 11.6 Å². The van der Waals surface area contributed by atoms with Crippen molar-refractivity contribution in [3.63, 3.8) is 0 Å². The molecule has 0 fully saturated rings. The van der Waals surface area contributed by atoms with Gasteiger partial charge in [-0.2, -0.15) is 13.4 Å². The average molecular weight is 685 g/mol. The Morgan fingerprint density at radius 3 is 2.00 bits per heavy atom. The normalized spacial score (nSPS) is 10.6. The molecule has 0 saturated heterocycles. The molecule has 0 bridgehead atoms. The number of para-hydroxylation sites is 4. The van der Waals surface area contributed by atoms with E-state index in [-0.39, 0.29) is 53.8 Å². The van der Waals surface area contributed by atoms with Gasteiger partial charge in [-0.25, -0.2) is 15.0 Å². The summed E-state index contributed by atoms with van der Waals surface area (Å²) in [6, 6.07) is 25.8. The van der Waals surface area contributed by atoms with Crippen LogP contribution in [0.15, 0.2) is 102 Å². The van der Waals surface area contributed by atoms with E-state index in [1.165, 1.54) is 32.2 Å². The van der Waals surface area contributed by atoms with E-state index in [1.807, 2.05) is 0 Å². The third kappa shape index (κ3) is 10.6. The van der Waals surface area contributed by atoms with Gasteiger partial charge in [0.15, 0.2) is 17.3 Å². The number of ether oxygens (including phenoxy) is 4. The number of hydrogen-bond donors (Lipinski definition) is 1. The highest BCUT2D eigenvalue weighted by Crippen LogP contribution is 2.42. The molecule has 2 aromatic heterocycles. The molecule has 0 radical (unpaired) electrons. The van der Waals surface area contributed by atoms with E-state index in [9.17, 15) is 13.2 Å². The Kier molecular flexibility index (Phi) is 12.7. The van der Waals surface area contributed by atoms with Crippen molar-refractivity contribution < 1.29 is 32.2 Å². The maximum atomic E-state index is 12.6. The number of aromatic nitrogens is 4. The van der Waals surface area contributed by atoms with Crippen LogP contribution in [0.1, 0.15) is 32.8 Å². The summed E-state index contributed by atoms with van der Waals surface area (Å²) in [4.78, 5) is 29.3. The lowest BCUT2D eigenvalue weighted by Crippen LogP contribution is -2.16. The largest absolute Gasteiger partial charge is 0.495 e. The van der Waals surface area contributed by atoms with Gasteiger partial charge >= 0.3 is 10.5 Å². The lowest BCUT2D eigenvalue weighted by atomic mass is 9.87. The van der Waals surface area contributed by atoms with Gasteiger partial charge in [0.1, 0.15) is 5.75 Å². The molecule has 0 spiro atoms. The van der Waals surface area contributed by atoms with Gasteiger partial charge in [0, 0.05) is 12.4 Å². The number of carbonyl (C=O) groups is 1. The van der Waals surface area contributed by atoms with Crippen LogP contribution in [-0.2, 0) is 20.7 Å². The van der Waals surface area contributed by atoms with E-state index >= 15 is 0 Å². The van der Waals surface area contributed by atoms with E-state index in [2.05, 4.69) is 80.7 Å². The van der Waals surface area contributed by atoms with Crippen molar-refractivity contribution in [2.75, 3.05) is 26.1 Å². The second-order valence-electron chi connectivity index (χ2n) is 11.1. The van der Waals surface area contributed by atoms with Crippen molar-refractivity contribution in [3.05, 3.63) is 103 Å². The third-order valence-corrected chi connectivity index (χ3v) is 6.94. The standard InChI is InChI=1S/C25H22N6O7S.C10H14/c1-35-17-9-4-3-8-16(17)28-20(32)12-15-37-25-21(38-19-11-6-5-10-18(19)36-2)22(31-39(33)34)29-24(30-25)23-26-13-7-14-27-23;1-10(2,3)9-7-5-4-6-8-9/h3-11,13-14H,12,15H2,1-2H3,(H,28,32);4-8H,1-3H3. The maximum Gasteiger partial charge on any atom is 0.318 e. The number of benzene rings is 3. The van der Waals surface area contributed by atoms with Crippen molar-refractivity contribution in [2.45, 2.75) is 32.6 Å². The monoisotopic (exact) mass is 684 g/mol. The molecular formula is C35H36N6O7S. The molecule has 14 heteroatoms. The highest BCUT2D eigenvalue weighted by molar-refractivity contribution is 7.61. The lowest BCUT2D eigenvalue weighted by Gasteiger charge is -2.18. The zero-order valence-electron chi connectivity index (χ0n) is 27.7. The number of nitrogens with one attached hydrogen (secondary N) is 1. The van der Waals surface area contributed by atoms with Crippen molar-refractivity contribution in [1.29, 1.82) is 0 Å². The Balaban J connectivity index is 0.000000463. The van der Waals surface area contributed by atoms with Gasteiger partial charge in [-0.1, -0.05) is 75.4 Å². The molecule has 0 saturated carbocycles. The van der Waals surface area contributed by atoms with Crippen molar-refractivity contribution in [1.82, 2.24) is 19.9 Å². The molecule has 0 atom stereocenters. The molecule has 254 valence electrons. The third-order valence-electron chi connectivity index (χ3n) is 6.61. The van der Waals surface area contributed by atoms with Gasteiger partial charge in [0.25, 0.3) is 5.88 Å². The van der Waals surface area contributed by atoms with Crippen LogP contribution in [0.4, 0.5) is 11.5 Å². The van der Waals surface area contributed by atoms with Crippen molar-refractivity contribution in [2.24, 2.45) is 4.36 Å². The smallest absolute Gasteiger partial charge is 0.318 e. The summed E-state index contributed by atoms with van der Waals surface area (Å²) in [5.41, 5.74) is 2.19. The molecule has 0 aliphatic carbocycles. The van der Waals surface area contributed by atoms with Gasteiger partial charge in [-0.05, 0) is 41.3 Å². The lowest BCUT2D eigenvalue weighted by molar-refractivity contribution is -0.116. The molecule has 0 aliphatic rings. The van der Waals surface area contributed by atoms with Crippen LogP contribution < -0.4 is 24.3 Å². The van der Waals surface area contributed by atoms with Crippen LogP contribution >= 0.6 is 0 Å². The molecule has 13 nitrogen and oxygen atoms in total. The summed E-state index contributed by atoms with van der Waals surface area (Å²) in [6.07, 6.45) is 2.85. The van der Waals surface area contributed by atoms with Crippen LogP contribution in [0, 0.1) is 0 Å². The maximum absolute atomic E-state index is 12.6. The van der Waals surface area contributed by atoms with Crippen molar-refractivity contribution >= 4 is 27.9 Å². The quantitative estimate of drug-likeness (QED) is 0.155. The number of amides is 1. The van der Waals surface area contributed by atoms with E-state index < -0.39 is 10.5 Å². The number of anilines is 1. The van der Waals surface area contributed by atoms with Gasteiger partial charge in [-0.3, -0.25) is 4.79 Å². The van der Waals surface area contributed by atoms with E-state index in [0.29, 0.717) is 22.6 Å². The summed E-state index contributed by atoms with van der Waals surface area (Å²) in [5, 5.41) is 2.75. The Hall–Kier alpha value is -5.89. The number of rotatable bonds is 11.